The number of aromatic nitrogens is 2. The van der Waals surface area contributed by atoms with Gasteiger partial charge in [0.1, 0.15) is 12.8 Å². The van der Waals surface area contributed by atoms with Gasteiger partial charge in [0.25, 0.3) is 0 Å². The highest BCUT2D eigenvalue weighted by atomic mass is 19.4. The van der Waals surface area contributed by atoms with Gasteiger partial charge in [0, 0.05) is 18.6 Å². The van der Waals surface area contributed by atoms with Gasteiger partial charge in [-0.1, -0.05) is 63.3 Å². The molecule has 1 atom stereocenters. The molecular formula is C29H36F10N2O3. The molecule has 0 aliphatic heterocycles. The highest BCUT2D eigenvalue weighted by molar-refractivity contribution is 5.55. The third-order valence-electron chi connectivity index (χ3n) is 6.46. The van der Waals surface area contributed by atoms with Crippen LogP contribution in [-0.2, 0) is 15.9 Å². The van der Waals surface area contributed by atoms with Gasteiger partial charge in [0.2, 0.25) is 0 Å². The van der Waals surface area contributed by atoms with E-state index in [1.54, 1.807) is 0 Å². The molecule has 0 amide bonds. The van der Waals surface area contributed by atoms with E-state index in [4.69, 9.17) is 4.74 Å². The molecule has 44 heavy (non-hydrogen) atoms. The molecule has 0 N–H and O–H groups in total. The van der Waals surface area contributed by atoms with Crippen molar-refractivity contribution >= 4 is 0 Å². The third kappa shape index (κ3) is 12.4. The van der Waals surface area contributed by atoms with Gasteiger partial charge in [-0.3, -0.25) is 0 Å². The molecule has 0 saturated heterocycles. The maximum atomic E-state index is 13.8. The molecule has 0 aliphatic rings. The van der Waals surface area contributed by atoms with Crippen molar-refractivity contribution in [2.75, 3.05) is 19.8 Å². The van der Waals surface area contributed by atoms with Crippen LogP contribution in [0.5, 0.6) is 5.75 Å². The highest BCUT2D eigenvalue weighted by Crippen LogP contribution is 2.45. The Morgan fingerprint density at radius 2 is 1.36 bits per heavy atom. The van der Waals surface area contributed by atoms with Crippen LogP contribution in [0.3, 0.4) is 0 Å². The average molecular weight is 651 g/mol. The summed E-state index contributed by atoms with van der Waals surface area (Å²) in [4.78, 5) is 8.57. The molecule has 1 unspecified atom stereocenters. The topological polar surface area (TPSA) is 53.5 Å². The quantitative estimate of drug-likeness (QED) is 0.0996. The number of ether oxygens (including phenoxy) is 3. The van der Waals surface area contributed by atoms with Crippen LogP contribution in [0.4, 0.5) is 43.9 Å². The van der Waals surface area contributed by atoms with Crippen LogP contribution in [0, 0.1) is 0 Å². The van der Waals surface area contributed by atoms with Crippen molar-refractivity contribution in [1.82, 2.24) is 9.97 Å². The third-order valence-corrected chi connectivity index (χ3v) is 6.46. The minimum absolute atomic E-state index is 0.171. The van der Waals surface area contributed by atoms with Gasteiger partial charge in [-0.25, -0.2) is 19.1 Å². The second-order valence-electron chi connectivity index (χ2n) is 10.2. The predicted molar refractivity (Wildman–Crippen MR) is 142 cm³/mol. The first-order valence-electron chi connectivity index (χ1n) is 14.2. The van der Waals surface area contributed by atoms with Crippen LogP contribution < -0.4 is 4.74 Å². The number of halogens is 10. The fourth-order valence-corrected chi connectivity index (χ4v) is 3.89. The second-order valence-corrected chi connectivity index (χ2v) is 10.2. The number of hydrogen-bond donors (Lipinski definition) is 0. The zero-order valence-electron chi connectivity index (χ0n) is 24.1. The molecule has 0 spiro atoms. The number of nitrogens with zero attached hydrogens (tertiary/aromatic N) is 2. The van der Waals surface area contributed by atoms with Gasteiger partial charge in [-0.05, 0) is 31.2 Å². The molecule has 2 aromatic rings. The van der Waals surface area contributed by atoms with Gasteiger partial charge in [0.15, 0.2) is 11.6 Å². The smallest absolute Gasteiger partial charge is 0.483 e. The number of unbranched alkanes of at least 4 members (excludes halogenated alkanes) is 5. The number of benzene rings is 1. The number of hydrogen-bond acceptors (Lipinski definition) is 5. The zero-order valence-corrected chi connectivity index (χ0v) is 24.1. The van der Waals surface area contributed by atoms with Crippen LogP contribution >= 0.6 is 0 Å². The molecule has 0 aliphatic carbocycles. The summed E-state index contributed by atoms with van der Waals surface area (Å²) >= 11 is 0. The highest BCUT2D eigenvalue weighted by Gasteiger charge is 2.70. The predicted octanol–water partition coefficient (Wildman–Crippen LogP) is 9.35. The van der Waals surface area contributed by atoms with E-state index >= 15 is 0 Å². The SMILES string of the molecule is CCCCCC(F)CCOc1cnc(-c2ccc(CCCCCCOCC(F)(F)C(F)(F)OC(F)(F)C(F)(F)F)cc2)nc1. The molecule has 0 saturated carbocycles. The van der Waals surface area contributed by atoms with Crippen molar-refractivity contribution in [1.29, 1.82) is 0 Å². The van der Waals surface area contributed by atoms with Crippen LogP contribution in [0.25, 0.3) is 11.4 Å². The lowest BCUT2D eigenvalue weighted by Gasteiger charge is -2.30. The first-order chi connectivity index (χ1) is 20.6. The lowest BCUT2D eigenvalue weighted by atomic mass is 10.0. The number of aryl methyl sites for hydroxylation is 1. The molecular weight excluding hydrogens is 614 g/mol. The van der Waals surface area contributed by atoms with E-state index in [0.717, 1.165) is 30.4 Å². The lowest BCUT2D eigenvalue weighted by Crippen LogP contribution is -2.53. The van der Waals surface area contributed by atoms with E-state index in [2.05, 4.69) is 26.4 Å². The second kappa shape index (κ2) is 17.1. The van der Waals surface area contributed by atoms with Crippen molar-refractivity contribution in [3.63, 3.8) is 0 Å². The van der Waals surface area contributed by atoms with Crippen LogP contribution in [0.2, 0.25) is 0 Å². The Labute approximate surface area is 249 Å². The molecule has 2 rings (SSSR count). The Hall–Kier alpha value is -2.68. The summed E-state index contributed by atoms with van der Waals surface area (Å²) in [5.74, 6) is -4.49. The van der Waals surface area contributed by atoms with Gasteiger partial charge in [-0.15, -0.1) is 0 Å². The summed E-state index contributed by atoms with van der Waals surface area (Å²) in [6, 6.07) is 7.46. The Morgan fingerprint density at radius 1 is 0.727 bits per heavy atom. The Balaban J connectivity index is 1.64. The van der Waals surface area contributed by atoms with Crippen molar-refractivity contribution < 1.29 is 58.1 Å². The fraction of sp³-hybridized carbons (Fsp3) is 0.655. The van der Waals surface area contributed by atoms with Crippen LogP contribution in [0.15, 0.2) is 36.7 Å². The molecule has 1 heterocycles. The van der Waals surface area contributed by atoms with E-state index in [9.17, 15) is 43.9 Å². The zero-order chi connectivity index (χ0) is 32.9. The summed E-state index contributed by atoms with van der Waals surface area (Å²) < 4.78 is 141. The van der Waals surface area contributed by atoms with Crippen molar-refractivity contribution in [3.05, 3.63) is 42.2 Å². The molecule has 250 valence electrons. The maximum Gasteiger partial charge on any atom is 0.483 e. The Bertz CT molecular complexity index is 1080. The van der Waals surface area contributed by atoms with Gasteiger partial charge < -0.3 is 9.47 Å². The first kappa shape index (κ1) is 37.5. The molecule has 5 nitrogen and oxygen atoms in total. The summed E-state index contributed by atoms with van der Waals surface area (Å²) in [5, 5.41) is 0. The summed E-state index contributed by atoms with van der Waals surface area (Å²) in [5.41, 5.74) is 1.77. The fourth-order valence-electron chi connectivity index (χ4n) is 3.89. The summed E-state index contributed by atoms with van der Waals surface area (Å²) in [6.07, 6.45) is -10.6. The molecule has 0 radical (unpaired) electrons. The van der Waals surface area contributed by atoms with Crippen LogP contribution in [0.1, 0.15) is 70.3 Å². The summed E-state index contributed by atoms with van der Waals surface area (Å²) in [7, 11) is 0. The lowest BCUT2D eigenvalue weighted by molar-refractivity contribution is -0.487. The molecule has 15 heteroatoms. The molecule has 1 aromatic heterocycles. The normalized spacial score (nSPS) is 13.7. The Morgan fingerprint density at radius 3 is 1.98 bits per heavy atom. The summed E-state index contributed by atoms with van der Waals surface area (Å²) in [6.45, 7) is -0.232. The van der Waals surface area contributed by atoms with Crippen molar-refractivity contribution in [2.24, 2.45) is 0 Å². The minimum Gasteiger partial charge on any atom is -0.490 e. The molecule has 1 aromatic carbocycles. The van der Waals surface area contributed by atoms with Crippen LogP contribution in [-0.4, -0.2) is 60.3 Å². The van der Waals surface area contributed by atoms with Gasteiger partial charge >= 0.3 is 24.3 Å². The van der Waals surface area contributed by atoms with E-state index in [1.807, 2.05) is 24.3 Å². The first-order valence-corrected chi connectivity index (χ1v) is 14.2. The minimum atomic E-state index is -6.59. The maximum absolute atomic E-state index is 13.8. The monoisotopic (exact) mass is 650 g/mol. The van der Waals surface area contributed by atoms with E-state index in [1.165, 1.54) is 12.4 Å². The van der Waals surface area contributed by atoms with Gasteiger partial charge in [0.05, 0.1) is 19.0 Å². The van der Waals surface area contributed by atoms with Crippen molar-refractivity contribution in [2.45, 2.75) is 102 Å². The average Bonchev–Trinajstić information content (AvgIpc) is 2.94. The van der Waals surface area contributed by atoms with Gasteiger partial charge in [-0.2, -0.15) is 39.5 Å². The number of alkyl halides is 10. The largest absolute Gasteiger partial charge is 0.490 e. The van der Waals surface area contributed by atoms with E-state index in [-0.39, 0.29) is 13.0 Å². The number of rotatable bonds is 21. The molecule has 0 fully saturated rings. The Kier molecular flexibility index (Phi) is 14.6. The molecule has 0 bridgehead atoms. The van der Waals surface area contributed by atoms with E-state index < -0.39 is 43.7 Å². The van der Waals surface area contributed by atoms with E-state index in [0.29, 0.717) is 50.1 Å². The van der Waals surface area contributed by atoms with Crippen molar-refractivity contribution in [3.8, 4) is 17.1 Å². The standard InChI is InChI=1S/C29H36F10N2O3/c1-2-3-6-10-23(30)15-17-43-24-18-40-25(41-19-24)22-13-11-21(12-14-22)9-7-4-5-8-16-42-20-26(31,32)28(36,37)44-29(38,39)27(33,34)35/h11-14,18-19,23H,2-10,15-17,20H2,1H3.